The molecule has 1 aliphatic heterocycles. The van der Waals surface area contributed by atoms with Crippen molar-refractivity contribution in [3.05, 3.63) is 27.8 Å². The number of benzene rings is 1. The highest BCUT2D eigenvalue weighted by Gasteiger charge is 2.37. The Kier molecular flexibility index (Phi) is 4.71. The summed E-state index contributed by atoms with van der Waals surface area (Å²) in [7, 11) is -3.54. The van der Waals surface area contributed by atoms with Crippen LogP contribution >= 0.6 is 0 Å². The van der Waals surface area contributed by atoms with Gasteiger partial charge in [0.05, 0.1) is 4.90 Å². The van der Waals surface area contributed by atoms with E-state index in [0.717, 1.165) is 40.7 Å². The molecule has 1 aromatic carbocycles. The van der Waals surface area contributed by atoms with Crippen LogP contribution in [0.2, 0.25) is 0 Å². The van der Waals surface area contributed by atoms with Gasteiger partial charge in [-0.15, -0.1) is 0 Å². The molecule has 0 unspecified atom stereocenters. The maximum absolute atomic E-state index is 13.3. The van der Waals surface area contributed by atoms with E-state index >= 15 is 0 Å². The smallest absolute Gasteiger partial charge is 0.243 e. The van der Waals surface area contributed by atoms with Crippen LogP contribution < -0.4 is 0 Å². The Hall–Kier alpha value is -1.40. The number of hydrogen-bond acceptors (Lipinski definition) is 3. The third kappa shape index (κ3) is 3.10. The molecule has 6 heteroatoms. The van der Waals surface area contributed by atoms with Gasteiger partial charge >= 0.3 is 0 Å². The van der Waals surface area contributed by atoms with Gasteiger partial charge in [-0.3, -0.25) is 4.79 Å². The first kappa shape index (κ1) is 18.4. The minimum Gasteiger partial charge on any atom is -0.340 e. The fourth-order valence-electron chi connectivity index (χ4n) is 3.72. The Bertz CT molecular complexity index is 789. The van der Waals surface area contributed by atoms with Crippen LogP contribution in [0.4, 0.5) is 0 Å². The van der Waals surface area contributed by atoms with Crippen molar-refractivity contribution in [3.8, 4) is 0 Å². The molecule has 1 saturated heterocycles. The Morgan fingerprint density at radius 2 is 1.24 bits per heavy atom. The van der Waals surface area contributed by atoms with Gasteiger partial charge in [0.2, 0.25) is 15.9 Å². The van der Waals surface area contributed by atoms with E-state index in [0.29, 0.717) is 31.1 Å². The topological polar surface area (TPSA) is 57.7 Å². The van der Waals surface area contributed by atoms with E-state index in [2.05, 4.69) is 0 Å². The fraction of sp³-hybridized carbons (Fsp3) is 0.632. The maximum Gasteiger partial charge on any atom is 0.243 e. The van der Waals surface area contributed by atoms with Crippen molar-refractivity contribution in [2.24, 2.45) is 5.92 Å². The van der Waals surface area contributed by atoms with Crippen molar-refractivity contribution >= 4 is 15.9 Å². The van der Waals surface area contributed by atoms with Crippen LogP contribution in [-0.4, -0.2) is 49.7 Å². The zero-order valence-corrected chi connectivity index (χ0v) is 16.7. The fourth-order valence-corrected chi connectivity index (χ4v) is 5.70. The minimum atomic E-state index is -3.54. The van der Waals surface area contributed by atoms with E-state index in [4.69, 9.17) is 0 Å². The molecule has 1 aliphatic carbocycles. The summed E-state index contributed by atoms with van der Waals surface area (Å²) in [5, 5.41) is 0. The quantitative estimate of drug-likeness (QED) is 0.828. The Balaban J connectivity index is 1.87. The predicted molar refractivity (Wildman–Crippen MR) is 98.2 cm³/mol. The second-order valence-electron chi connectivity index (χ2n) is 7.46. The third-order valence-electron chi connectivity index (χ3n) is 6.01. The van der Waals surface area contributed by atoms with Crippen molar-refractivity contribution in [1.29, 1.82) is 0 Å². The highest BCUT2D eigenvalue weighted by Crippen LogP contribution is 2.33. The van der Waals surface area contributed by atoms with Crippen LogP contribution in [0.1, 0.15) is 40.7 Å². The number of sulfonamides is 1. The van der Waals surface area contributed by atoms with E-state index in [1.54, 1.807) is 4.31 Å². The average Bonchev–Trinajstić information content (AvgIpc) is 3.42. The number of carbonyl (C=O) groups excluding carboxylic acids is 1. The van der Waals surface area contributed by atoms with Crippen molar-refractivity contribution in [2.75, 3.05) is 26.2 Å². The molecule has 2 fully saturated rings. The summed E-state index contributed by atoms with van der Waals surface area (Å²) in [6.45, 7) is 11.6. The Morgan fingerprint density at radius 3 is 1.68 bits per heavy atom. The normalized spacial score (nSPS) is 19.3. The second-order valence-corrected chi connectivity index (χ2v) is 9.33. The molecule has 25 heavy (non-hydrogen) atoms. The number of rotatable bonds is 3. The molecule has 2 aliphatic rings. The molecule has 0 spiro atoms. The van der Waals surface area contributed by atoms with Crippen LogP contribution in [0.25, 0.3) is 0 Å². The Labute approximate surface area is 151 Å². The van der Waals surface area contributed by atoms with E-state index in [1.807, 2.05) is 39.5 Å². The summed E-state index contributed by atoms with van der Waals surface area (Å²) < 4.78 is 28.1. The van der Waals surface area contributed by atoms with Gasteiger partial charge in [0.1, 0.15) is 0 Å². The number of hydrogen-bond donors (Lipinski definition) is 0. The summed E-state index contributed by atoms with van der Waals surface area (Å²) in [5.74, 6) is 0.390. The Morgan fingerprint density at radius 1 is 0.800 bits per heavy atom. The SMILES string of the molecule is Cc1c(C)c(C)c(S(=O)(=O)N2CCN(C(=O)C3CC3)CC2)c(C)c1C. The lowest BCUT2D eigenvalue weighted by molar-refractivity contribution is -0.133. The van der Waals surface area contributed by atoms with Gasteiger partial charge in [0.15, 0.2) is 0 Å². The molecule has 1 saturated carbocycles. The van der Waals surface area contributed by atoms with Crippen molar-refractivity contribution in [1.82, 2.24) is 9.21 Å². The van der Waals surface area contributed by atoms with Crippen molar-refractivity contribution in [2.45, 2.75) is 52.4 Å². The van der Waals surface area contributed by atoms with Crippen LogP contribution in [-0.2, 0) is 14.8 Å². The lowest BCUT2D eigenvalue weighted by atomic mass is 9.95. The summed E-state index contributed by atoms with van der Waals surface area (Å²) in [6.07, 6.45) is 1.97. The molecule has 5 nitrogen and oxygen atoms in total. The van der Waals surface area contributed by atoms with E-state index < -0.39 is 10.0 Å². The molecular weight excluding hydrogens is 336 g/mol. The molecule has 1 heterocycles. The van der Waals surface area contributed by atoms with Gasteiger partial charge in [-0.2, -0.15) is 4.31 Å². The monoisotopic (exact) mass is 364 g/mol. The zero-order chi connectivity index (χ0) is 18.5. The van der Waals surface area contributed by atoms with E-state index in [9.17, 15) is 13.2 Å². The summed E-state index contributed by atoms with van der Waals surface area (Å²) in [6, 6.07) is 0. The van der Waals surface area contributed by atoms with Gasteiger partial charge in [0.25, 0.3) is 0 Å². The van der Waals surface area contributed by atoms with Crippen LogP contribution in [0.5, 0.6) is 0 Å². The van der Waals surface area contributed by atoms with Gasteiger partial charge in [-0.25, -0.2) is 8.42 Å². The molecule has 0 atom stereocenters. The summed E-state index contributed by atoms with van der Waals surface area (Å²) in [4.78, 5) is 14.5. The molecule has 3 rings (SSSR count). The molecule has 0 bridgehead atoms. The molecule has 1 amide bonds. The standard InChI is InChI=1S/C19H28N2O3S/c1-12-13(2)15(4)18(16(5)14(12)3)25(23,24)21-10-8-20(9-11-21)19(22)17-6-7-17/h17H,6-11H2,1-5H3. The third-order valence-corrected chi connectivity index (χ3v) is 8.18. The number of nitrogens with zero attached hydrogens (tertiary/aromatic N) is 2. The van der Waals surface area contributed by atoms with Gasteiger partial charge in [-0.1, -0.05) is 0 Å². The highest BCUT2D eigenvalue weighted by atomic mass is 32.2. The molecular formula is C19H28N2O3S. The lowest BCUT2D eigenvalue weighted by Crippen LogP contribution is -2.51. The van der Waals surface area contributed by atoms with Gasteiger partial charge < -0.3 is 4.90 Å². The minimum absolute atomic E-state index is 0.190. The number of carbonyl (C=O) groups is 1. The first-order chi connectivity index (χ1) is 11.7. The van der Waals surface area contributed by atoms with E-state index in [1.165, 1.54) is 0 Å². The molecule has 138 valence electrons. The van der Waals surface area contributed by atoms with Crippen LogP contribution in [0, 0.1) is 40.5 Å². The number of amides is 1. The largest absolute Gasteiger partial charge is 0.340 e. The highest BCUT2D eigenvalue weighted by molar-refractivity contribution is 7.89. The van der Waals surface area contributed by atoms with Gasteiger partial charge in [0, 0.05) is 32.1 Å². The van der Waals surface area contributed by atoms with Crippen molar-refractivity contribution in [3.63, 3.8) is 0 Å². The second kappa shape index (κ2) is 6.40. The summed E-state index contributed by atoms with van der Waals surface area (Å²) >= 11 is 0. The number of piperazine rings is 1. The lowest BCUT2D eigenvalue weighted by Gasteiger charge is -2.35. The first-order valence-electron chi connectivity index (χ1n) is 9.02. The average molecular weight is 365 g/mol. The molecule has 0 radical (unpaired) electrons. The zero-order valence-electron chi connectivity index (χ0n) is 15.8. The molecule has 1 aromatic rings. The summed E-state index contributed by atoms with van der Waals surface area (Å²) in [5.41, 5.74) is 4.94. The van der Waals surface area contributed by atoms with E-state index in [-0.39, 0.29) is 11.8 Å². The molecule has 0 aromatic heterocycles. The van der Waals surface area contributed by atoms with Crippen LogP contribution in [0.3, 0.4) is 0 Å². The van der Waals surface area contributed by atoms with Crippen molar-refractivity contribution < 1.29 is 13.2 Å². The van der Waals surface area contributed by atoms with Crippen LogP contribution in [0.15, 0.2) is 4.90 Å². The first-order valence-corrected chi connectivity index (χ1v) is 10.5. The predicted octanol–water partition coefficient (Wildman–Crippen LogP) is 2.47. The molecule has 0 N–H and O–H groups in total. The maximum atomic E-state index is 13.3. The van der Waals surface area contributed by atoms with Gasteiger partial charge in [-0.05, 0) is 75.3 Å².